The van der Waals surface area contributed by atoms with E-state index in [2.05, 4.69) is 55.2 Å². The number of aromatic amines is 1. The van der Waals surface area contributed by atoms with Crippen molar-refractivity contribution >= 4 is 22.8 Å². The third-order valence-electron chi connectivity index (χ3n) is 3.92. The van der Waals surface area contributed by atoms with Gasteiger partial charge in [0.1, 0.15) is 5.82 Å². The van der Waals surface area contributed by atoms with E-state index in [1.54, 1.807) is 6.20 Å². The molecule has 1 atom stereocenters. The van der Waals surface area contributed by atoms with Crippen LogP contribution in [0.3, 0.4) is 0 Å². The maximum atomic E-state index is 5.40. The molecule has 7 nitrogen and oxygen atoms in total. The van der Waals surface area contributed by atoms with Crippen LogP contribution in [0.25, 0.3) is 11.0 Å². The Hall–Kier alpha value is -2.67. The molecule has 1 aliphatic rings. The van der Waals surface area contributed by atoms with Crippen molar-refractivity contribution < 1.29 is 0 Å². The van der Waals surface area contributed by atoms with Crippen LogP contribution in [0.2, 0.25) is 0 Å². The van der Waals surface area contributed by atoms with Crippen LogP contribution < -0.4 is 16.6 Å². The summed E-state index contributed by atoms with van der Waals surface area (Å²) in [7, 11) is 0. The van der Waals surface area contributed by atoms with Gasteiger partial charge in [-0.05, 0) is 17.5 Å². The van der Waals surface area contributed by atoms with E-state index in [-0.39, 0.29) is 0 Å². The van der Waals surface area contributed by atoms with E-state index in [0.717, 1.165) is 24.2 Å². The molecule has 1 unspecified atom stereocenters. The number of H-pyrrole nitrogens is 1. The smallest absolute Gasteiger partial charge is 0.241 e. The molecular weight excluding hydrogens is 266 g/mol. The van der Waals surface area contributed by atoms with Crippen LogP contribution in [0, 0.1) is 0 Å². The summed E-state index contributed by atoms with van der Waals surface area (Å²) >= 11 is 0. The lowest BCUT2D eigenvalue weighted by Crippen LogP contribution is -2.24. The van der Waals surface area contributed by atoms with Crippen molar-refractivity contribution in [2.24, 2.45) is 5.84 Å². The topological polar surface area (TPSA) is 105 Å². The molecule has 0 saturated carbocycles. The first kappa shape index (κ1) is 12.1. The van der Waals surface area contributed by atoms with Gasteiger partial charge in [0, 0.05) is 12.5 Å². The fraction of sp³-hybridized carbons (Fsp3) is 0.214. The molecule has 4 rings (SSSR count). The van der Waals surface area contributed by atoms with Gasteiger partial charge in [0.25, 0.3) is 0 Å². The van der Waals surface area contributed by atoms with Gasteiger partial charge >= 0.3 is 0 Å². The van der Waals surface area contributed by atoms with Gasteiger partial charge in [-0.1, -0.05) is 24.3 Å². The second kappa shape index (κ2) is 4.71. The molecule has 0 aliphatic heterocycles. The van der Waals surface area contributed by atoms with E-state index in [4.69, 9.17) is 5.84 Å². The van der Waals surface area contributed by atoms with Crippen molar-refractivity contribution in [3.63, 3.8) is 0 Å². The third-order valence-corrected chi connectivity index (χ3v) is 3.92. The van der Waals surface area contributed by atoms with Crippen molar-refractivity contribution in [2.45, 2.75) is 12.3 Å². The molecule has 1 aliphatic carbocycles. The van der Waals surface area contributed by atoms with Crippen molar-refractivity contribution in [1.29, 1.82) is 0 Å². The summed E-state index contributed by atoms with van der Waals surface area (Å²) in [5.74, 6) is 7.02. The number of nitrogens with zero attached hydrogens (tertiary/aromatic N) is 3. The molecule has 21 heavy (non-hydrogen) atoms. The molecule has 5 N–H and O–H groups in total. The molecule has 3 aromatic rings. The normalized spacial score (nSPS) is 16.3. The lowest BCUT2D eigenvalue weighted by molar-refractivity contribution is 0.635. The fourth-order valence-corrected chi connectivity index (χ4v) is 2.80. The van der Waals surface area contributed by atoms with Crippen molar-refractivity contribution in [3.05, 3.63) is 41.6 Å². The molecule has 2 heterocycles. The number of hydrazine groups is 1. The minimum absolute atomic E-state index is 0.364. The highest BCUT2D eigenvalue weighted by atomic mass is 15.3. The predicted octanol–water partition coefficient (Wildman–Crippen LogP) is 1.39. The summed E-state index contributed by atoms with van der Waals surface area (Å²) in [5, 5.41) is 11.1. The lowest BCUT2D eigenvalue weighted by Gasteiger charge is -2.30. The molecule has 0 bridgehead atoms. The van der Waals surface area contributed by atoms with E-state index in [1.165, 1.54) is 11.1 Å². The summed E-state index contributed by atoms with van der Waals surface area (Å²) in [6.07, 6.45) is 2.82. The summed E-state index contributed by atoms with van der Waals surface area (Å²) in [5.41, 5.74) is 5.98. The first-order valence-corrected chi connectivity index (χ1v) is 6.84. The first-order chi connectivity index (χ1) is 10.3. The van der Waals surface area contributed by atoms with Crippen LogP contribution >= 0.6 is 0 Å². The fourth-order valence-electron chi connectivity index (χ4n) is 2.80. The SMILES string of the molecule is NNc1nc(NCC2Cc3ccccc32)c2cn[nH]c2n1. The Balaban J connectivity index is 1.57. The minimum Gasteiger partial charge on any atom is -0.369 e. The number of rotatable bonds is 4. The van der Waals surface area contributed by atoms with Crippen molar-refractivity contribution in [1.82, 2.24) is 20.2 Å². The second-order valence-electron chi connectivity index (χ2n) is 5.15. The minimum atomic E-state index is 0.364. The Morgan fingerprint density at radius 3 is 3.05 bits per heavy atom. The average Bonchev–Trinajstić information content (AvgIpc) is 2.96. The van der Waals surface area contributed by atoms with Gasteiger partial charge < -0.3 is 5.32 Å². The molecule has 1 aromatic carbocycles. The molecule has 106 valence electrons. The number of nitrogen functional groups attached to an aromatic ring is 1. The van der Waals surface area contributed by atoms with Gasteiger partial charge in [-0.2, -0.15) is 15.1 Å². The number of aromatic nitrogens is 4. The van der Waals surface area contributed by atoms with Gasteiger partial charge in [0.15, 0.2) is 5.65 Å². The van der Waals surface area contributed by atoms with Crippen LogP contribution in [0.1, 0.15) is 17.0 Å². The number of hydrogen-bond donors (Lipinski definition) is 4. The number of nitrogens with two attached hydrogens (primary N) is 1. The molecule has 0 fully saturated rings. The molecule has 0 saturated heterocycles. The van der Waals surface area contributed by atoms with Gasteiger partial charge in [0.05, 0.1) is 11.6 Å². The summed E-state index contributed by atoms with van der Waals surface area (Å²) in [6.45, 7) is 0.832. The largest absolute Gasteiger partial charge is 0.369 e. The van der Waals surface area contributed by atoms with Gasteiger partial charge in [0.2, 0.25) is 5.95 Å². The van der Waals surface area contributed by atoms with E-state index >= 15 is 0 Å². The van der Waals surface area contributed by atoms with Crippen LogP contribution in [0.15, 0.2) is 30.5 Å². The molecule has 7 heteroatoms. The standard InChI is InChI=1S/C14H15N7/c15-20-14-18-12(11-7-17-21-13(11)19-14)16-6-9-5-8-3-1-2-4-10(8)9/h1-4,7,9H,5-6,15H2,(H3,16,17,18,19,20,21). The highest BCUT2D eigenvalue weighted by molar-refractivity contribution is 5.86. The number of nitrogens with one attached hydrogen (secondary N) is 3. The summed E-state index contributed by atoms with van der Waals surface area (Å²) in [6, 6.07) is 8.54. The number of hydrogen-bond acceptors (Lipinski definition) is 6. The van der Waals surface area contributed by atoms with Crippen LogP contribution in [0.4, 0.5) is 11.8 Å². The Morgan fingerprint density at radius 2 is 2.19 bits per heavy atom. The van der Waals surface area contributed by atoms with Crippen LogP contribution in [-0.4, -0.2) is 26.7 Å². The summed E-state index contributed by atoms with van der Waals surface area (Å²) in [4.78, 5) is 8.57. The maximum Gasteiger partial charge on any atom is 0.241 e. The summed E-state index contributed by atoms with van der Waals surface area (Å²) < 4.78 is 0. The van der Waals surface area contributed by atoms with Crippen molar-refractivity contribution in [2.75, 3.05) is 17.3 Å². The number of benzene rings is 1. The van der Waals surface area contributed by atoms with E-state index in [1.807, 2.05) is 0 Å². The molecule has 2 aromatic heterocycles. The van der Waals surface area contributed by atoms with Crippen LogP contribution in [0.5, 0.6) is 0 Å². The molecule has 0 spiro atoms. The monoisotopic (exact) mass is 281 g/mol. The molecule has 0 amide bonds. The molecular formula is C14H15N7. The Kier molecular flexibility index (Phi) is 2.71. The number of anilines is 2. The van der Waals surface area contributed by atoms with E-state index < -0.39 is 0 Å². The van der Waals surface area contributed by atoms with Gasteiger partial charge in [-0.15, -0.1) is 0 Å². The lowest BCUT2D eigenvalue weighted by atomic mass is 9.77. The highest BCUT2D eigenvalue weighted by Gasteiger charge is 2.25. The van der Waals surface area contributed by atoms with E-state index in [9.17, 15) is 0 Å². The predicted molar refractivity (Wildman–Crippen MR) is 80.9 cm³/mol. The second-order valence-corrected chi connectivity index (χ2v) is 5.15. The Bertz CT molecular complexity index is 795. The Labute approximate surface area is 121 Å². The quantitative estimate of drug-likeness (QED) is 0.425. The van der Waals surface area contributed by atoms with Crippen molar-refractivity contribution in [3.8, 4) is 0 Å². The third kappa shape index (κ3) is 1.98. The highest BCUT2D eigenvalue weighted by Crippen LogP contribution is 2.35. The van der Waals surface area contributed by atoms with E-state index in [0.29, 0.717) is 17.5 Å². The zero-order chi connectivity index (χ0) is 14.2. The number of fused-ring (bicyclic) bond motifs is 2. The Morgan fingerprint density at radius 1 is 1.29 bits per heavy atom. The van der Waals surface area contributed by atoms with Crippen LogP contribution in [-0.2, 0) is 6.42 Å². The first-order valence-electron chi connectivity index (χ1n) is 6.84. The van der Waals surface area contributed by atoms with Gasteiger partial charge in [-0.25, -0.2) is 5.84 Å². The maximum absolute atomic E-state index is 5.40. The van der Waals surface area contributed by atoms with Gasteiger partial charge in [-0.3, -0.25) is 10.5 Å². The average molecular weight is 281 g/mol. The molecule has 0 radical (unpaired) electrons. The zero-order valence-corrected chi connectivity index (χ0v) is 11.3. The zero-order valence-electron chi connectivity index (χ0n) is 11.3.